The standard InChI is InChI=1S/C14H26N2O3S2/c1-14(2,11-20-3)13(17)15-7-4-6-12(10-15)16-8-5-9-21(16,18)19/h12H,4-11H2,1-3H3. The van der Waals surface area contributed by atoms with Crippen molar-refractivity contribution >= 4 is 27.7 Å². The summed E-state index contributed by atoms with van der Waals surface area (Å²) in [4.78, 5) is 14.5. The van der Waals surface area contributed by atoms with Crippen LogP contribution in [0.3, 0.4) is 0 Å². The lowest BCUT2D eigenvalue weighted by molar-refractivity contribution is -0.141. The molecule has 1 atom stereocenters. The lowest BCUT2D eigenvalue weighted by Gasteiger charge is -2.40. The Kier molecular flexibility index (Phi) is 5.26. The van der Waals surface area contributed by atoms with E-state index in [0.29, 0.717) is 19.5 Å². The molecule has 0 bridgehead atoms. The fourth-order valence-corrected chi connectivity index (χ4v) is 5.90. The van der Waals surface area contributed by atoms with E-state index in [4.69, 9.17) is 0 Å². The normalized spacial score (nSPS) is 27.0. The molecule has 0 spiro atoms. The smallest absolute Gasteiger partial charge is 0.229 e. The predicted molar refractivity (Wildman–Crippen MR) is 86.9 cm³/mol. The monoisotopic (exact) mass is 334 g/mol. The molecule has 0 aromatic rings. The maximum absolute atomic E-state index is 12.7. The quantitative estimate of drug-likeness (QED) is 0.780. The number of piperidine rings is 1. The molecule has 1 amide bonds. The SMILES string of the molecule is CSCC(C)(C)C(=O)N1CCCC(N2CCCS2(=O)=O)C1. The molecule has 0 radical (unpaired) electrons. The molecule has 122 valence electrons. The van der Waals surface area contributed by atoms with E-state index in [-0.39, 0.29) is 23.1 Å². The summed E-state index contributed by atoms with van der Waals surface area (Å²) in [5, 5.41) is 0. The van der Waals surface area contributed by atoms with E-state index in [1.165, 1.54) is 0 Å². The molecule has 2 heterocycles. The van der Waals surface area contributed by atoms with Crippen molar-refractivity contribution in [1.82, 2.24) is 9.21 Å². The van der Waals surface area contributed by atoms with Crippen LogP contribution in [0.2, 0.25) is 0 Å². The largest absolute Gasteiger partial charge is 0.341 e. The second kappa shape index (κ2) is 6.46. The van der Waals surface area contributed by atoms with Crippen LogP contribution in [0.1, 0.15) is 33.1 Å². The molecule has 0 saturated carbocycles. The molecule has 2 saturated heterocycles. The Labute approximate surface area is 132 Å². The molecule has 2 aliphatic heterocycles. The minimum Gasteiger partial charge on any atom is -0.341 e. The number of likely N-dealkylation sites (tertiary alicyclic amines) is 1. The minimum atomic E-state index is -3.09. The van der Waals surface area contributed by atoms with Gasteiger partial charge in [0, 0.05) is 31.4 Å². The van der Waals surface area contributed by atoms with Crippen molar-refractivity contribution in [3.8, 4) is 0 Å². The maximum atomic E-state index is 12.7. The summed E-state index contributed by atoms with van der Waals surface area (Å²) in [6.07, 6.45) is 4.47. The highest BCUT2D eigenvalue weighted by atomic mass is 32.2. The summed E-state index contributed by atoms with van der Waals surface area (Å²) >= 11 is 1.67. The van der Waals surface area contributed by atoms with Crippen LogP contribution in [0, 0.1) is 5.41 Å². The van der Waals surface area contributed by atoms with Crippen LogP contribution in [-0.2, 0) is 14.8 Å². The highest BCUT2D eigenvalue weighted by Gasteiger charge is 2.39. The molecule has 21 heavy (non-hydrogen) atoms. The summed E-state index contributed by atoms with van der Waals surface area (Å²) in [5.41, 5.74) is -0.384. The Morgan fingerprint density at radius 3 is 2.57 bits per heavy atom. The van der Waals surface area contributed by atoms with Gasteiger partial charge in [0.1, 0.15) is 0 Å². The van der Waals surface area contributed by atoms with E-state index < -0.39 is 10.0 Å². The number of carbonyl (C=O) groups is 1. The van der Waals surface area contributed by atoms with Gasteiger partial charge in [-0.25, -0.2) is 8.42 Å². The zero-order chi connectivity index (χ0) is 15.7. The molecule has 0 N–H and O–H groups in total. The van der Waals surface area contributed by atoms with Gasteiger partial charge in [-0.15, -0.1) is 0 Å². The summed E-state index contributed by atoms with van der Waals surface area (Å²) in [5.74, 6) is 1.20. The molecule has 2 fully saturated rings. The fourth-order valence-electron chi connectivity index (χ4n) is 3.29. The molecule has 5 nitrogen and oxygen atoms in total. The highest BCUT2D eigenvalue weighted by Crippen LogP contribution is 2.28. The second-order valence-corrected chi connectivity index (χ2v) is 9.55. The first-order chi connectivity index (χ1) is 9.78. The molecule has 2 aliphatic rings. The summed E-state index contributed by atoms with van der Waals surface area (Å²) in [6, 6.07) is -0.0275. The number of hydrogen-bond acceptors (Lipinski definition) is 4. The van der Waals surface area contributed by atoms with Gasteiger partial charge < -0.3 is 4.90 Å². The van der Waals surface area contributed by atoms with E-state index >= 15 is 0 Å². The average Bonchev–Trinajstić information content (AvgIpc) is 2.77. The fraction of sp³-hybridized carbons (Fsp3) is 0.929. The molecule has 2 rings (SSSR count). The number of hydrogen-bond donors (Lipinski definition) is 0. The zero-order valence-corrected chi connectivity index (χ0v) is 14.8. The number of sulfonamides is 1. The lowest BCUT2D eigenvalue weighted by atomic mass is 9.92. The Bertz CT molecular complexity index is 490. The molecule has 7 heteroatoms. The van der Waals surface area contributed by atoms with Gasteiger partial charge in [-0.05, 0) is 25.5 Å². The van der Waals surface area contributed by atoms with Gasteiger partial charge in [0.2, 0.25) is 15.9 Å². The summed E-state index contributed by atoms with van der Waals surface area (Å²) in [6.45, 7) is 5.87. The van der Waals surface area contributed by atoms with Crippen LogP contribution in [0.5, 0.6) is 0 Å². The lowest BCUT2D eigenvalue weighted by Crippen LogP contribution is -2.53. The highest BCUT2D eigenvalue weighted by molar-refractivity contribution is 7.98. The summed E-state index contributed by atoms with van der Waals surface area (Å²) in [7, 11) is -3.09. The van der Waals surface area contributed by atoms with E-state index in [9.17, 15) is 13.2 Å². The van der Waals surface area contributed by atoms with E-state index in [0.717, 1.165) is 25.1 Å². The Morgan fingerprint density at radius 2 is 2.00 bits per heavy atom. The predicted octanol–water partition coefficient (Wildman–Crippen LogP) is 1.40. The zero-order valence-electron chi connectivity index (χ0n) is 13.2. The first-order valence-corrected chi connectivity index (χ1v) is 10.6. The van der Waals surface area contributed by atoms with Gasteiger partial charge in [-0.2, -0.15) is 16.1 Å². The molecule has 0 aromatic carbocycles. The molecular weight excluding hydrogens is 308 g/mol. The van der Waals surface area contributed by atoms with Crippen LogP contribution in [-0.4, -0.2) is 67.0 Å². The Morgan fingerprint density at radius 1 is 1.29 bits per heavy atom. The van der Waals surface area contributed by atoms with E-state index in [2.05, 4.69) is 0 Å². The number of nitrogens with zero attached hydrogens (tertiary/aromatic N) is 2. The van der Waals surface area contributed by atoms with Gasteiger partial charge >= 0.3 is 0 Å². The van der Waals surface area contributed by atoms with Crippen LogP contribution >= 0.6 is 11.8 Å². The number of carbonyl (C=O) groups excluding carboxylic acids is 1. The van der Waals surface area contributed by atoms with Crippen molar-refractivity contribution in [2.45, 2.75) is 39.2 Å². The number of rotatable bonds is 4. The first-order valence-electron chi connectivity index (χ1n) is 7.56. The van der Waals surface area contributed by atoms with Crippen molar-refractivity contribution in [3.63, 3.8) is 0 Å². The van der Waals surface area contributed by atoms with Crippen molar-refractivity contribution in [2.24, 2.45) is 5.41 Å². The number of amides is 1. The molecular formula is C14H26N2O3S2. The van der Waals surface area contributed by atoms with Crippen LogP contribution in [0.25, 0.3) is 0 Å². The third-order valence-electron chi connectivity index (χ3n) is 4.31. The van der Waals surface area contributed by atoms with Crippen molar-refractivity contribution in [2.75, 3.05) is 37.4 Å². The third-order valence-corrected chi connectivity index (χ3v) is 7.32. The number of thioether (sulfide) groups is 1. The van der Waals surface area contributed by atoms with Crippen molar-refractivity contribution < 1.29 is 13.2 Å². The van der Waals surface area contributed by atoms with Crippen LogP contribution < -0.4 is 0 Å². The Hall–Kier alpha value is -0.270. The molecule has 0 aromatic heterocycles. The van der Waals surface area contributed by atoms with Gasteiger partial charge in [0.25, 0.3) is 0 Å². The van der Waals surface area contributed by atoms with Crippen LogP contribution in [0.15, 0.2) is 0 Å². The second-order valence-electron chi connectivity index (χ2n) is 6.64. The van der Waals surface area contributed by atoms with Crippen molar-refractivity contribution in [3.05, 3.63) is 0 Å². The van der Waals surface area contributed by atoms with Crippen molar-refractivity contribution in [1.29, 1.82) is 0 Å². The van der Waals surface area contributed by atoms with Crippen LogP contribution in [0.4, 0.5) is 0 Å². The summed E-state index contributed by atoms with van der Waals surface area (Å²) < 4.78 is 25.7. The first kappa shape index (κ1) is 17.1. The third kappa shape index (κ3) is 3.74. The van der Waals surface area contributed by atoms with E-state index in [1.54, 1.807) is 16.1 Å². The minimum absolute atomic E-state index is 0.0275. The van der Waals surface area contributed by atoms with Gasteiger partial charge in [-0.3, -0.25) is 4.79 Å². The van der Waals surface area contributed by atoms with E-state index in [1.807, 2.05) is 25.0 Å². The Balaban J connectivity index is 2.06. The molecule has 1 unspecified atom stereocenters. The average molecular weight is 335 g/mol. The van der Waals surface area contributed by atoms with Gasteiger partial charge in [-0.1, -0.05) is 13.8 Å². The topological polar surface area (TPSA) is 57.7 Å². The maximum Gasteiger partial charge on any atom is 0.229 e. The van der Waals surface area contributed by atoms with Gasteiger partial charge in [0.15, 0.2) is 0 Å². The van der Waals surface area contributed by atoms with Gasteiger partial charge in [0.05, 0.1) is 11.2 Å². The molecule has 0 aliphatic carbocycles.